The van der Waals surface area contributed by atoms with Crippen LogP contribution < -0.4 is 24.4 Å². The molecule has 3 aromatic rings. The lowest BCUT2D eigenvalue weighted by atomic mass is 9.96. The van der Waals surface area contributed by atoms with E-state index >= 15 is 0 Å². The minimum absolute atomic E-state index is 0.115. The summed E-state index contributed by atoms with van der Waals surface area (Å²) in [5.41, 5.74) is 2.07. The highest BCUT2D eigenvalue weighted by Crippen LogP contribution is 2.31. The number of benzene rings is 2. The molecule has 5 rings (SSSR count). The zero-order valence-corrected chi connectivity index (χ0v) is 23.9. The van der Waals surface area contributed by atoms with Crippen molar-refractivity contribution in [3.8, 4) is 11.5 Å². The van der Waals surface area contributed by atoms with Crippen molar-refractivity contribution >= 4 is 29.3 Å². The van der Waals surface area contributed by atoms with Gasteiger partial charge in [0.05, 0.1) is 48.8 Å². The van der Waals surface area contributed by atoms with Crippen LogP contribution in [0, 0.1) is 0 Å². The van der Waals surface area contributed by atoms with E-state index in [4.69, 9.17) is 18.9 Å². The maximum atomic E-state index is 13.8. The molecule has 0 saturated carbocycles. The second-order valence-corrected chi connectivity index (χ2v) is 10.4. The molecule has 0 unspecified atom stereocenters. The number of carbonyl (C=O) groups excluding carboxylic acids is 2. The van der Waals surface area contributed by atoms with E-state index in [2.05, 4.69) is 4.99 Å². The molecule has 41 heavy (non-hydrogen) atoms. The van der Waals surface area contributed by atoms with Crippen LogP contribution in [0.5, 0.6) is 11.5 Å². The smallest absolute Gasteiger partial charge is 0.338 e. The van der Waals surface area contributed by atoms with Gasteiger partial charge in [0, 0.05) is 13.1 Å². The summed E-state index contributed by atoms with van der Waals surface area (Å²) >= 11 is 1.24. The van der Waals surface area contributed by atoms with Gasteiger partial charge >= 0.3 is 5.97 Å². The van der Waals surface area contributed by atoms with Crippen LogP contribution >= 0.6 is 11.3 Å². The number of thiazole rings is 1. The van der Waals surface area contributed by atoms with Gasteiger partial charge < -0.3 is 23.8 Å². The summed E-state index contributed by atoms with van der Waals surface area (Å²) in [6, 6.07) is 14.0. The molecule has 3 heterocycles. The lowest BCUT2D eigenvalue weighted by Gasteiger charge is -2.26. The highest BCUT2D eigenvalue weighted by molar-refractivity contribution is 7.07. The lowest BCUT2D eigenvalue weighted by Crippen LogP contribution is -2.43. The van der Waals surface area contributed by atoms with Crippen molar-refractivity contribution in [1.29, 1.82) is 0 Å². The average molecular weight is 578 g/mol. The van der Waals surface area contributed by atoms with Crippen molar-refractivity contribution in [2.75, 3.05) is 46.6 Å². The largest absolute Gasteiger partial charge is 0.493 e. The number of carbonyl (C=O) groups is 2. The molecule has 0 aliphatic carbocycles. The second kappa shape index (κ2) is 12.5. The molecule has 0 bridgehead atoms. The predicted molar refractivity (Wildman–Crippen MR) is 153 cm³/mol. The van der Waals surface area contributed by atoms with E-state index in [1.54, 1.807) is 47.6 Å². The molecule has 0 radical (unpaired) electrons. The number of morpholine rings is 1. The van der Waals surface area contributed by atoms with Crippen molar-refractivity contribution in [1.82, 2.24) is 9.47 Å². The molecule has 2 aliphatic heterocycles. The topological polar surface area (TPSA) is 109 Å². The summed E-state index contributed by atoms with van der Waals surface area (Å²) in [5, 5.41) is 0. The van der Waals surface area contributed by atoms with Gasteiger partial charge in [-0.2, -0.15) is 0 Å². The van der Waals surface area contributed by atoms with Crippen LogP contribution in [0.1, 0.15) is 31.0 Å². The van der Waals surface area contributed by atoms with Crippen molar-refractivity contribution in [3.05, 3.63) is 90.6 Å². The Kier molecular flexibility index (Phi) is 8.65. The first kappa shape index (κ1) is 28.3. The van der Waals surface area contributed by atoms with Crippen LogP contribution in [0.2, 0.25) is 0 Å². The van der Waals surface area contributed by atoms with Crippen LogP contribution in [0.25, 0.3) is 6.08 Å². The molecule has 1 atom stereocenters. The summed E-state index contributed by atoms with van der Waals surface area (Å²) in [6.45, 7) is 5.72. The molecule has 1 fully saturated rings. The Labute approximate surface area is 240 Å². The number of esters is 1. The van der Waals surface area contributed by atoms with Gasteiger partial charge in [-0.1, -0.05) is 47.7 Å². The van der Waals surface area contributed by atoms with E-state index < -0.39 is 12.0 Å². The molecule has 1 amide bonds. The van der Waals surface area contributed by atoms with Gasteiger partial charge in [-0.3, -0.25) is 14.2 Å². The molecule has 214 valence electrons. The number of rotatable bonds is 8. The number of methoxy groups -OCH3 is 1. The van der Waals surface area contributed by atoms with Gasteiger partial charge in [0.15, 0.2) is 22.9 Å². The number of hydrogen-bond donors (Lipinski definition) is 0. The molecule has 0 N–H and O–H groups in total. The van der Waals surface area contributed by atoms with E-state index in [1.165, 1.54) is 18.4 Å². The van der Waals surface area contributed by atoms with Gasteiger partial charge in [-0.25, -0.2) is 9.79 Å². The molecule has 0 spiro atoms. The van der Waals surface area contributed by atoms with Crippen molar-refractivity contribution in [3.63, 3.8) is 0 Å². The third-order valence-electron chi connectivity index (χ3n) is 6.83. The normalized spacial score (nSPS) is 17.1. The molecule has 2 aliphatic rings. The predicted octanol–water partition coefficient (Wildman–Crippen LogP) is 2.04. The zero-order valence-electron chi connectivity index (χ0n) is 23.1. The lowest BCUT2D eigenvalue weighted by molar-refractivity contribution is -0.139. The van der Waals surface area contributed by atoms with Crippen LogP contribution in [-0.2, 0) is 19.1 Å². The first-order valence-electron chi connectivity index (χ1n) is 13.3. The Hall–Kier alpha value is -4.22. The quantitative estimate of drug-likeness (QED) is 0.377. The number of aromatic nitrogens is 1. The SMILES string of the molecule is CCOC(=O)C1=C(C)N=c2s/c(=C/c3ccc(OCC(=O)N4CCOCC4)c(OC)c3)c(=O)n2[C@H]1c1ccccc1. The van der Waals surface area contributed by atoms with Gasteiger partial charge in [-0.15, -0.1) is 0 Å². The summed E-state index contributed by atoms with van der Waals surface area (Å²) in [6.07, 6.45) is 1.75. The van der Waals surface area contributed by atoms with Gasteiger partial charge in [0.25, 0.3) is 11.5 Å². The monoisotopic (exact) mass is 577 g/mol. The van der Waals surface area contributed by atoms with Crippen LogP contribution in [0.3, 0.4) is 0 Å². The van der Waals surface area contributed by atoms with E-state index in [0.717, 1.165) is 5.56 Å². The molecule has 10 nitrogen and oxygen atoms in total. The molecular weight excluding hydrogens is 546 g/mol. The summed E-state index contributed by atoms with van der Waals surface area (Å²) < 4.78 is 23.9. The number of nitrogens with zero attached hydrogens (tertiary/aromatic N) is 3. The first-order valence-corrected chi connectivity index (χ1v) is 14.1. The maximum absolute atomic E-state index is 13.8. The Balaban J connectivity index is 1.48. The third-order valence-corrected chi connectivity index (χ3v) is 7.82. The van der Waals surface area contributed by atoms with Gasteiger partial charge in [0.1, 0.15) is 0 Å². The highest BCUT2D eigenvalue weighted by Gasteiger charge is 2.33. The van der Waals surface area contributed by atoms with Crippen LogP contribution in [0.4, 0.5) is 0 Å². The second-order valence-electron chi connectivity index (χ2n) is 9.41. The highest BCUT2D eigenvalue weighted by atomic mass is 32.1. The molecule has 11 heteroatoms. The Bertz CT molecular complexity index is 1650. The van der Waals surface area contributed by atoms with Gasteiger partial charge in [-0.05, 0) is 43.2 Å². The molecule has 1 saturated heterocycles. The first-order chi connectivity index (χ1) is 19.9. The summed E-state index contributed by atoms with van der Waals surface area (Å²) in [5.74, 6) is 0.241. The number of hydrogen-bond acceptors (Lipinski definition) is 9. The maximum Gasteiger partial charge on any atom is 0.338 e. The van der Waals surface area contributed by atoms with E-state index in [9.17, 15) is 14.4 Å². The fourth-order valence-electron chi connectivity index (χ4n) is 4.83. The van der Waals surface area contributed by atoms with Gasteiger partial charge in [0.2, 0.25) is 0 Å². The molecule has 1 aromatic heterocycles. The minimum Gasteiger partial charge on any atom is -0.493 e. The van der Waals surface area contributed by atoms with Crippen LogP contribution in [-0.4, -0.2) is 68.0 Å². The van der Waals surface area contributed by atoms with E-state index in [0.29, 0.717) is 64.0 Å². The van der Waals surface area contributed by atoms with Crippen molar-refractivity contribution in [2.24, 2.45) is 4.99 Å². The molecular formula is C30H31N3O7S. The Morgan fingerprint density at radius 2 is 1.88 bits per heavy atom. The number of fused-ring (bicyclic) bond motifs is 1. The number of amides is 1. The average Bonchev–Trinajstić information content (AvgIpc) is 3.30. The van der Waals surface area contributed by atoms with E-state index in [1.807, 2.05) is 30.3 Å². The number of allylic oxidation sites excluding steroid dienone is 1. The summed E-state index contributed by atoms with van der Waals surface area (Å²) in [7, 11) is 1.52. The minimum atomic E-state index is -0.664. The van der Waals surface area contributed by atoms with E-state index in [-0.39, 0.29) is 24.7 Å². The van der Waals surface area contributed by atoms with Crippen LogP contribution in [0.15, 0.2) is 69.6 Å². The molecule has 2 aromatic carbocycles. The fraction of sp³-hybridized carbons (Fsp3) is 0.333. The zero-order chi connectivity index (χ0) is 28.9. The third kappa shape index (κ3) is 5.96. The van der Waals surface area contributed by atoms with Crippen molar-refractivity contribution < 1.29 is 28.5 Å². The Morgan fingerprint density at radius 1 is 1.12 bits per heavy atom. The van der Waals surface area contributed by atoms with Crippen molar-refractivity contribution in [2.45, 2.75) is 19.9 Å². The number of ether oxygens (including phenoxy) is 4. The standard InChI is InChI=1S/C30H31N3O7S/c1-4-39-29(36)26-19(2)31-30-33(27(26)21-8-6-5-7-9-21)28(35)24(41-30)17-20-10-11-22(23(16-20)37-3)40-18-25(34)32-12-14-38-15-13-32/h5-11,16-17,27H,4,12-15,18H2,1-3H3/b24-17+/t27-/m0/s1. The summed E-state index contributed by atoms with van der Waals surface area (Å²) in [4.78, 5) is 46.1. The Morgan fingerprint density at radius 3 is 2.59 bits per heavy atom. The fourth-order valence-corrected chi connectivity index (χ4v) is 5.88.